The second-order valence-electron chi connectivity index (χ2n) is 11.4. The summed E-state index contributed by atoms with van der Waals surface area (Å²) in [6.45, 7) is 10.2. The highest BCUT2D eigenvalue weighted by atomic mass is 16.5. The molecule has 9 atom stereocenters. The predicted molar refractivity (Wildman–Crippen MR) is 118 cm³/mol. The molecule has 4 aliphatic rings. The first-order valence-corrected chi connectivity index (χ1v) is 12.2. The SMILES string of the molecule is CC(=O)O[C@H]1CC[C@@]2(C)C(=CC[C@@H]3[C@@H]2[C@H](OC(C)=O)C[C@]2(C)[C@@H]([C@H](C)CO)CC[C@@H]32)C1. The normalized spacial score (nSPS) is 44.9. The molecule has 0 aromatic heterocycles. The zero-order valence-corrected chi connectivity index (χ0v) is 19.9. The van der Waals surface area contributed by atoms with Crippen molar-refractivity contribution in [1.29, 1.82) is 0 Å². The van der Waals surface area contributed by atoms with Gasteiger partial charge in [-0.05, 0) is 73.0 Å². The molecule has 0 saturated heterocycles. The Kier molecular flexibility index (Phi) is 6.04. The van der Waals surface area contributed by atoms with Gasteiger partial charge < -0.3 is 14.6 Å². The molecule has 4 aliphatic carbocycles. The first kappa shape index (κ1) is 22.8. The average Bonchev–Trinajstić information content (AvgIpc) is 3.03. The minimum Gasteiger partial charge on any atom is -0.462 e. The van der Waals surface area contributed by atoms with Gasteiger partial charge in [-0.3, -0.25) is 9.59 Å². The third-order valence-electron chi connectivity index (χ3n) is 9.67. The van der Waals surface area contributed by atoms with Gasteiger partial charge in [0, 0.05) is 32.8 Å². The molecule has 31 heavy (non-hydrogen) atoms. The third-order valence-corrected chi connectivity index (χ3v) is 9.67. The lowest BCUT2D eigenvalue weighted by atomic mass is 9.46. The van der Waals surface area contributed by atoms with Crippen LogP contribution in [0.2, 0.25) is 0 Å². The Balaban J connectivity index is 1.68. The van der Waals surface area contributed by atoms with Gasteiger partial charge in [0.2, 0.25) is 0 Å². The fourth-order valence-electron chi connectivity index (χ4n) is 8.48. The second-order valence-corrected chi connectivity index (χ2v) is 11.4. The number of esters is 2. The van der Waals surface area contributed by atoms with E-state index in [1.807, 2.05) is 0 Å². The Morgan fingerprint density at radius 1 is 1.16 bits per heavy atom. The molecule has 1 N–H and O–H groups in total. The second kappa shape index (κ2) is 8.20. The largest absolute Gasteiger partial charge is 0.462 e. The molecule has 0 unspecified atom stereocenters. The number of aliphatic hydroxyl groups excluding tert-OH is 1. The van der Waals surface area contributed by atoms with Gasteiger partial charge in [-0.15, -0.1) is 0 Å². The van der Waals surface area contributed by atoms with Crippen LogP contribution < -0.4 is 0 Å². The molecule has 0 spiro atoms. The van der Waals surface area contributed by atoms with Crippen molar-refractivity contribution >= 4 is 11.9 Å². The summed E-state index contributed by atoms with van der Waals surface area (Å²) in [6, 6.07) is 0. The van der Waals surface area contributed by atoms with Gasteiger partial charge in [-0.1, -0.05) is 32.4 Å². The van der Waals surface area contributed by atoms with Crippen LogP contribution in [0.1, 0.15) is 79.6 Å². The highest BCUT2D eigenvalue weighted by Crippen LogP contribution is 2.67. The van der Waals surface area contributed by atoms with Crippen LogP contribution in [0.3, 0.4) is 0 Å². The molecule has 174 valence electrons. The van der Waals surface area contributed by atoms with Gasteiger partial charge in [0.25, 0.3) is 0 Å². The van der Waals surface area contributed by atoms with Crippen molar-refractivity contribution in [1.82, 2.24) is 0 Å². The van der Waals surface area contributed by atoms with E-state index in [2.05, 4.69) is 26.8 Å². The van der Waals surface area contributed by atoms with Gasteiger partial charge in [0.05, 0.1) is 0 Å². The van der Waals surface area contributed by atoms with Crippen molar-refractivity contribution in [3.05, 3.63) is 11.6 Å². The zero-order valence-electron chi connectivity index (χ0n) is 19.9. The summed E-state index contributed by atoms with van der Waals surface area (Å²) < 4.78 is 11.6. The maximum Gasteiger partial charge on any atom is 0.302 e. The quantitative estimate of drug-likeness (QED) is 0.516. The molecule has 5 nitrogen and oxygen atoms in total. The summed E-state index contributed by atoms with van der Waals surface area (Å²) in [4.78, 5) is 23.7. The van der Waals surface area contributed by atoms with Crippen LogP contribution in [0.25, 0.3) is 0 Å². The van der Waals surface area contributed by atoms with Gasteiger partial charge >= 0.3 is 11.9 Å². The van der Waals surface area contributed by atoms with Crippen molar-refractivity contribution in [2.75, 3.05) is 6.61 Å². The minimum absolute atomic E-state index is 0.0122. The van der Waals surface area contributed by atoms with E-state index in [1.54, 1.807) is 0 Å². The van der Waals surface area contributed by atoms with Crippen molar-refractivity contribution in [3.63, 3.8) is 0 Å². The highest BCUT2D eigenvalue weighted by molar-refractivity contribution is 5.66. The molecule has 4 rings (SSSR count). The Hall–Kier alpha value is -1.36. The number of carbonyl (C=O) groups is 2. The molecular formula is C26H40O5. The topological polar surface area (TPSA) is 72.8 Å². The number of aliphatic hydroxyl groups is 1. The number of rotatable bonds is 4. The van der Waals surface area contributed by atoms with E-state index in [-0.39, 0.29) is 47.5 Å². The van der Waals surface area contributed by atoms with E-state index in [0.29, 0.717) is 23.7 Å². The standard InChI is InChI=1S/C26H40O5/c1-15(14-27)21-8-9-22-20-7-6-18-12-19(30-16(2)28)10-11-25(18,4)24(20)23(31-17(3)29)13-26(21,22)5/h6,15,19-24,27H,7-14H2,1-5H3/t15-,19+,20+,21-,22+,23-,24-,25+,26-/m1/s1. The lowest BCUT2D eigenvalue weighted by molar-refractivity contribution is -0.177. The Bertz CT molecular complexity index is 759. The maximum atomic E-state index is 12.2. The van der Waals surface area contributed by atoms with Crippen LogP contribution in [0, 0.1) is 40.4 Å². The van der Waals surface area contributed by atoms with Crippen molar-refractivity contribution in [2.45, 2.75) is 91.8 Å². The Morgan fingerprint density at radius 3 is 2.52 bits per heavy atom. The first-order valence-electron chi connectivity index (χ1n) is 12.2. The van der Waals surface area contributed by atoms with E-state index in [4.69, 9.17) is 9.47 Å². The summed E-state index contributed by atoms with van der Waals surface area (Å²) in [5.41, 5.74) is 1.48. The molecule has 0 bridgehead atoms. The number of hydrogen-bond acceptors (Lipinski definition) is 5. The number of ether oxygens (including phenoxy) is 2. The lowest BCUT2D eigenvalue weighted by Gasteiger charge is -2.60. The molecule has 0 amide bonds. The van der Waals surface area contributed by atoms with Gasteiger partial charge in [-0.2, -0.15) is 0 Å². The summed E-state index contributed by atoms with van der Waals surface area (Å²) in [7, 11) is 0. The molecule has 3 saturated carbocycles. The van der Waals surface area contributed by atoms with Crippen LogP contribution in [-0.4, -0.2) is 35.9 Å². The minimum atomic E-state index is -0.205. The van der Waals surface area contributed by atoms with Crippen LogP contribution in [0.5, 0.6) is 0 Å². The van der Waals surface area contributed by atoms with Crippen molar-refractivity contribution < 1.29 is 24.2 Å². The van der Waals surface area contributed by atoms with Crippen LogP contribution in [-0.2, 0) is 19.1 Å². The highest BCUT2D eigenvalue weighted by Gasteiger charge is 2.63. The van der Waals surface area contributed by atoms with Gasteiger partial charge in [-0.25, -0.2) is 0 Å². The molecule has 5 heteroatoms. The fraction of sp³-hybridized carbons (Fsp3) is 0.846. The molecule has 0 aliphatic heterocycles. The lowest BCUT2D eigenvalue weighted by Crippen LogP contribution is -2.57. The predicted octanol–water partition coefficient (Wildman–Crippen LogP) is 4.67. The van der Waals surface area contributed by atoms with Gasteiger partial charge in [0.15, 0.2) is 0 Å². The summed E-state index contributed by atoms with van der Waals surface area (Å²) >= 11 is 0. The number of hydrogen-bond donors (Lipinski definition) is 1. The molecular weight excluding hydrogens is 392 g/mol. The van der Waals surface area contributed by atoms with E-state index < -0.39 is 0 Å². The third kappa shape index (κ3) is 3.75. The molecule has 0 radical (unpaired) electrons. The summed E-state index contributed by atoms with van der Waals surface area (Å²) in [6.07, 6.45) is 9.21. The van der Waals surface area contributed by atoms with Gasteiger partial charge in [0.1, 0.15) is 12.2 Å². The smallest absolute Gasteiger partial charge is 0.302 e. The van der Waals surface area contributed by atoms with Crippen LogP contribution in [0.4, 0.5) is 0 Å². The molecule has 0 heterocycles. The van der Waals surface area contributed by atoms with Crippen LogP contribution >= 0.6 is 0 Å². The fourth-order valence-corrected chi connectivity index (χ4v) is 8.48. The van der Waals surface area contributed by atoms with Crippen LogP contribution in [0.15, 0.2) is 11.6 Å². The number of allylic oxidation sites excluding steroid dienone is 1. The van der Waals surface area contributed by atoms with E-state index in [1.165, 1.54) is 25.8 Å². The summed E-state index contributed by atoms with van der Waals surface area (Å²) in [5.74, 6) is 1.76. The van der Waals surface area contributed by atoms with E-state index >= 15 is 0 Å². The average molecular weight is 433 g/mol. The maximum absolute atomic E-state index is 12.2. The van der Waals surface area contributed by atoms with E-state index in [9.17, 15) is 14.7 Å². The molecule has 0 aromatic rings. The Labute approximate surface area is 186 Å². The number of carbonyl (C=O) groups excluding carboxylic acids is 2. The molecule has 0 aromatic carbocycles. The first-order chi connectivity index (χ1) is 14.6. The Morgan fingerprint density at radius 2 is 1.87 bits per heavy atom. The van der Waals surface area contributed by atoms with E-state index in [0.717, 1.165) is 38.5 Å². The monoisotopic (exact) mass is 432 g/mol. The number of fused-ring (bicyclic) bond motifs is 5. The molecule has 3 fully saturated rings. The van der Waals surface area contributed by atoms with Crippen molar-refractivity contribution in [2.24, 2.45) is 40.4 Å². The van der Waals surface area contributed by atoms with Crippen molar-refractivity contribution in [3.8, 4) is 0 Å². The zero-order chi connectivity index (χ0) is 22.6. The summed E-state index contributed by atoms with van der Waals surface area (Å²) in [5, 5.41) is 9.90.